The second-order valence-electron chi connectivity index (χ2n) is 13.6. The van der Waals surface area contributed by atoms with Crippen LogP contribution in [0.1, 0.15) is 98.3 Å². The Balaban J connectivity index is 1.54. The summed E-state index contributed by atoms with van der Waals surface area (Å²) in [4.78, 5) is 40.4. The zero-order valence-corrected chi connectivity index (χ0v) is 21.7. The van der Waals surface area contributed by atoms with Crippen LogP contribution in [-0.2, 0) is 19.1 Å². The summed E-state index contributed by atoms with van der Waals surface area (Å²) < 4.78 is 6.88. The lowest BCUT2D eigenvalue weighted by Gasteiger charge is -2.64. The van der Waals surface area contributed by atoms with Crippen molar-refractivity contribution in [2.45, 2.75) is 115 Å². The van der Waals surface area contributed by atoms with Crippen molar-refractivity contribution < 1.29 is 24.2 Å². The molecule has 3 saturated carbocycles. The summed E-state index contributed by atoms with van der Waals surface area (Å²) in [7, 11) is 0. The summed E-state index contributed by atoms with van der Waals surface area (Å²) in [5.41, 5.74) is -1.80. The van der Waals surface area contributed by atoms with Crippen LogP contribution < -0.4 is 0 Å². The molecule has 2 bridgehead atoms. The molecule has 4 fully saturated rings. The molecule has 5 heteroatoms. The van der Waals surface area contributed by atoms with Gasteiger partial charge in [0.25, 0.3) is 0 Å². The topological polar surface area (TPSA) is 80.7 Å². The van der Waals surface area contributed by atoms with E-state index in [0.29, 0.717) is 12.8 Å². The molecule has 1 aliphatic heterocycles. The van der Waals surface area contributed by atoms with E-state index < -0.39 is 16.4 Å². The number of hydrogen-bond donors (Lipinski definition) is 1. The van der Waals surface area contributed by atoms with Gasteiger partial charge in [-0.05, 0) is 93.9 Å². The van der Waals surface area contributed by atoms with Gasteiger partial charge < -0.3 is 9.84 Å². The standard InChI is InChI=1S/C30H40O5/c1-18-20-9-7-11-28(17-29(18)13-12-26(2,3)35-29)22-15-24(33)30(34)16-19(31)8-5-6-10-27(30,4)21(22)14-23(32)25(20)28/h14-15,18,20,25,34H,5-13,16-17H2,1-4H3/t18-,20+,25?,27?,28-,29+,30?/m0/s1. The van der Waals surface area contributed by atoms with Gasteiger partial charge in [-0.15, -0.1) is 0 Å². The number of ketones is 3. The molecule has 35 heavy (non-hydrogen) atoms. The molecule has 0 aromatic carbocycles. The fraction of sp³-hybridized carbons (Fsp3) is 0.767. The van der Waals surface area contributed by atoms with Crippen molar-refractivity contribution in [2.75, 3.05) is 0 Å². The molecule has 190 valence electrons. The van der Waals surface area contributed by atoms with Crippen LogP contribution in [0.2, 0.25) is 0 Å². The Morgan fingerprint density at radius 3 is 2.43 bits per heavy atom. The van der Waals surface area contributed by atoms with Gasteiger partial charge in [0.1, 0.15) is 11.4 Å². The van der Waals surface area contributed by atoms with Gasteiger partial charge in [0.2, 0.25) is 0 Å². The second-order valence-corrected chi connectivity index (χ2v) is 13.6. The second kappa shape index (κ2) is 7.25. The highest BCUT2D eigenvalue weighted by Gasteiger charge is 2.69. The summed E-state index contributed by atoms with van der Waals surface area (Å²) in [5, 5.41) is 11.9. The maximum absolute atomic E-state index is 14.0. The molecular formula is C30H40O5. The molecule has 0 radical (unpaired) electrons. The molecule has 1 spiro atoms. The minimum atomic E-state index is -1.77. The van der Waals surface area contributed by atoms with Crippen LogP contribution in [0.25, 0.3) is 0 Å². The number of carbonyl (C=O) groups excluding carboxylic acids is 3. The molecule has 7 atom stereocenters. The number of ether oxygens (including phenoxy) is 1. The Morgan fingerprint density at radius 2 is 1.71 bits per heavy atom. The first kappa shape index (κ1) is 23.8. The van der Waals surface area contributed by atoms with E-state index in [0.717, 1.165) is 62.5 Å². The van der Waals surface area contributed by atoms with Gasteiger partial charge >= 0.3 is 0 Å². The normalized spacial score (nSPS) is 48.8. The number of rotatable bonds is 0. The molecule has 0 aromatic heterocycles. The zero-order valence-electron chi connectivity index (χ0n) is 21.7. The van der Waals surface area contributed by atoms with Crippen LogP contribution in [0.3, 0.4) is 0 Å². The average Bonchev–Trinajstić information content (AvgIpc) is 3.09. The van der Waals surface area contributed by atoms with E-state index in [1.165, 1.54) is 0 Å². The number of hydrogen-bond acceptors (Lipinski definition) is 5. The molecule has 6 rings (SSSR count). The van der Waals surface area contributed by atoms with Gasteiger partial charge in [-0.25, -0.2) is 0 Å². The van der Waals surface area contributed by atoms with Gasteiger partial charge in [-0.1, -0.05) is 26.7 Å². The van der Waals surface area contributed by atoms with Gasteiger partial charge in [0, 0.05) is 29.6 Å². The molecule has 3 unspecified atom stereocenters. The fourth-order valence-electron chi connectivity index (χ4n) is 9.50. The molecule has 1 heterocycles. The van der Waals surface area contributed by atoms with Crippen LogP contribution in [-0.4, -0.2) is 39.3 Å². The Morgan fingerprint density at radius 1 is 0.943 bits per heavy atom. The highest BCUT2D eigenvalue weighted by Crippen LogP contribution is 2.70. The van der Waals surface area contributed by atoms with Gasteiger partial charge in [0.15, 0.2) is 11.6 Å². The highest BCUT2D eigenvalue weighted by molar-refractivity contribution is 6.07. The number of Topliss-reactive ketones (excluding diaryl/α,β-unsaturated/α-hetero) is 1. The summed E-state index contributed by atoms with van der Waals surface area (Å²) in [5.74, 6) is 0.150. The van der Waals surface area contributed by atoms with Crippen molar-refractivity contribution >= 4 is 17.3 Å². The lowest BCUT2D eigenvalue weighted by atomic mass is 9.40. The van der Waals surface area contributed by atoms with Crippen molar-refractivity contribution in [3.63, 3.8) is 0 Å². The monoisotopic (exact) mass is 480 g/mol. The number of aliphatic hydroxyl groups is 1. The van der Waals surface area contributed by atoms with E-state index >= 15 is 0 Å². The SMILES string of the molecule is C[C@H]1[C@H]2CCC[C@]3(C[C@]14CCC(C)(C)O4)C1=CC(=O)C4(O)CC(=O)CCCCC4(C)C1=CC(=O)C23. The van der Waals surface area contributed by atoms with Crippen molar-refractivity contribution in [2.24, 2.45) is 28.6 Å². The third-order valence-corrected chi connectivity index (χ3v) is 11.3. The van der Waals surface area contributed by atoms with E-state index in [2.05, 4.69) is 20.8 Å². The van der Waals surface area contributed by atoms with E-state index in [9.17, 15) is 19.5 Å². The van der Waals surface area contributed by atoms with E-state index in [4.69, 9.17) is 4.74 Å². The van der Waals surface area contributed by atoms with Crippen LogP contribution in [0.4, 0.5) is 0 Å². The number of carbonyl (C=O) groups is 3. The molecule has 1 N–H and O–H groups in total. The van der Waals surface area contributed by atoms with Gasteiger partial charge in [0.05, 0.1) is 11.2 Å². The average molecular weight is 481 g/mol. The summed E-state index contributed by atoms with van der Waals surface area (Å²) in [6.45, 7) is 8.56. The molecule has 5 aliphatic carbocycles. The summed E-state index contributed by atoms with van der Waals surface area (Å²) in [6, 6.07) is 0. The first-order valence-corrected chi connectivity index (χ1v) is 13.8. The minimum absolute atomic E-state index is 0.0628. The molecule has 0 amide bonds. The van der Waals surface area contributed by atoms with Crippen molar-refractivity contribution in [3.8, 4) is 0 Å². The summed E-state index contributed by atoms with van der Waals surface area (Å²) in [6.07, 6.45) is 11.5. The van der Waals surface area contributed by atoms with E-state index in [1.807, 2.05) is 6.92 Å². The van der Waals surface area contributed by atoms with Gasteiger partial charge in [-0.3, -0.25) is 14.4 Å². The smallest absolute Gasteiger partial charge is 0.188 e. The molecule has 5 nitrogen and oxygen atoms in total. The molecular weight excluding hydrogens is 440 g/mol. The lowest BCUT2D eigenvalue weighted by molar-refractivity contribution is -0.197. The van der Waals surface area contributed by atoms with E-state index in [-0.39, 0.29) is 52.7 Å². The highest BCUT2D eigenvalue weighted by atomic mass is 16.5. The Labute approximate surface area is 208 Å². The third kappa shape index (κ3) is 2.97. The van der Waals surface area contributed by atoms with Crippen molar-refractivity contribution in [1.29, 1.82) is 0 Å². The van der Waals surface area contributed by atoms with Gasteiger partial charge in [-0.2, -0.15) is 0 Å². The maximum Gasteiger partial charge on any atom is 0.188 e. The molecule has 1 saturated heterocycles. The minimum Gasteiger partial charge on any atom is -0.380 e. The van der Waals surface area contributed by atoms with Crippen molar-refractivity contribution in [3.05, 3.63) is 23.3 Å². The predicted molar refractivity (Wildman–Crippen MR) is 132 cm³/mol. The Hall–Kier alpha value is -1.59. The number of fused-ring (bicyclic) bond motifs is 3. The summed E-state index contributed by atoms with van der Waals surface area (Å²) >= 11 is 0. The third-order valence-electron chi connectivity index (χ3n) is 11.3. The first-order chi connectivity index (χ1) is 16.4. The molecule has 0 aromatic rings. The van der Waals surface area contributed by atoms with E-state index in [1.54, 1.807) is 12.2 Å². The fourth-order valence-corrected chi connectivity index (χ4v) is 9.50. The Bertz CT molecular complexity index is 1080. The van der Waals surface area contributed by atoms with Crippen LogP contribution in [0, 0.1) is 28.6 Å². The van der Waals surface area contributed by atoms with Crippen LogP contribution >= 0.6 is 0 Å². The number of allylic oxidation sites excluding steroid dienone is 2. The quantitative estimate of drug-likeness (QED) is 0.525. The predicted octanol–water partition coefficient (Wildman–Crippen LogP) is 5.05. The lowest BCUT2D eigenvalue weighted by Crippen LogP contribution is -2.65. The van der Waals surface area contributed by atoms with Crippen LogP contribution in [0.15, 0.2) is 23.3 Å². The maximum atomic E-state index is 14.0. The van der Waals surface area contributed by atoms with Crippen LogP contribution in [0.5, 0.6) is 0 Å². The zero-order chi connectivity index (χ0) is 25.0. The molecule has 6 aliphatic rings. The first-order valence-electron chi connectivity index (χ1n) is 13.8. The Kier molecular flexibility index (Phi) is 4.93. The van der Waals surface area contributed by atoms with Crippen molar-refractivity contribution in [1.82, 2.24) is 0 Å². The largest absolute Gasteiger partial charge is 0.380 e.